The monoisotopic (exact) mass is 260 g/mol. The minimum absolute atomic E-state index is 0.0763. The third-order valence-electron chi connectivity index (χ3n) is 3.59. The number of amides is 1. The molecule has 3 nitrogen and oxygen atoms in total. The van der Waals surface area contributed by atoms with Crippen LogP contribution in [0.15, 0.2) is 24.3 Å². The first-order chi connectivity index (χ1) is 8.87. The summed E-state index contributed by atoms with van der Waals surface area (Å²) in [4.78, 5) is 14.5. The van der Waals surface area contributed by atoms with E-state index in [0.717, 1.165) is 19.5 Å². The van der Waals surface area contributed by atoms with E-state index in [9.17, 15) is 4.79 Å². The SMILES string of the molecule is C[C@H](C(=O)NC(C)(C)C)N1CCc2ccccc2C1. The Bertz CT molecular complexity index is 462. The van der Waals surface area contributed by atoms with E-state index in [0.29, 0.717) is 0 Å². The molecule has 0 aromatic heterocycles. The molecular weight excluding hydrogens is 236 g/mol. The van der Waals surface area contributed by atoms with E-state index in [1.807, 2.05) is 27.7 Å². The largest absolute Gasteiger partial charge is 0.350 e. The van der Waals surface area contributed by atoms with Crippen molar-refractivity contribution in [3.63, 3.8) is 0 Å². The van der Waals surface area contributed by atoms with E-state index in [1.54, 1.807) is 0 Å². The third kappa shape index (κ3) is 3.57. The summed E-state index contributed by atoms with van der Waals surface area (Å²) in [7, 11) is 0. The Labute approximate surface area is 116 Å². The molecule has 1 atom stereocenters. The van der Waals surface area contributed by atoms with Crippen molar-refractivity contribution in [2.45, 2.75) is 52.2 Å². The van der Waals surface area contributed by atoms with Crippen LogP contribution >= 0.6 is 0 Å². The first kappa shape index (κ1) is 14.1. The summed E-state index contributed by atoms with van der Waals surface area (Å²) in [6.45, 7) is 9.87. The van der Waals surface area contributed by atoms with Crippen LogP contribution in [0, 0.1) is 0 Å². The number of hydrogen-bond donors (Lipinski definition) is 1. The average Bonchev–Trinajstić information content (AvgIpc) is 2.35. The van der Waals surface area contributed by atoms with Gasteiger partial charge < -0.3 is 5.32 Å². The molecular formula is C16H24N2O. The van der Waals surface area contributed by atoms with E-state index < -0.39 is 0 Å². The molecule has 0 saturated heterocycles. The van der Waals surface area contributed by atoms with Gasteiger partial charge in [-0.3, -0.25) is 9.69 Å². The van der Waals surface area contributed by atoms with Crippen molar-refractivity contribution in [2.75, 3.05) is 6.54 Å². The van der Waals surface area contributed by atoms with Crippen LogP contribution in [0.2, 0.25) is 0 Å². The highest BCUT2D eigenvalue weighted by Gasteiger charge is 2.27. The molecule has 0 radical (unpaired) electrons. The Balaban J connectivity index is 2.02. The van der Waals surface area contributed by atoms with Crippen LogP contribution in [0.3, 0.4) is 0 Å². The van der Waals surface area contributed by atoms with Crippen LogP contribution in [0.5, 0.6) is 0 Å². The fraction of sp³-hybridized carbons (Fsp3) is 0.562. The highest BCUT2D eigenvalue weighted by atomic mass is 16.2. The molecule has 3 heteroatoms. The van der Waals surface area contributed by atoms with Gasteiger partial charge in [-0.05, 0) is 45.2 Å². The van der Waals surface area contributed by atoms with Crippen molar-refractivity contribution in [2.24, 2.45) is 0 Å². The van der Waals surface area contributed by atoms with Crippen LogP contribution in [0.25, 0.3) is 0 Å². The van der Waals surface area contributed by atoms with Gasteiger partial charge in [0, 0.05) is 18.6 Å². The second kappa shape index (κ2) is 5.33. The molecule has 1 heterocycles. The van der Waals surface area contributed by atoms with Gasteiger partial charge in [0.05, 0.1) is 6.04 Å². The van der Waals surface area contributed by atoms with E-state index in [-0.39, 0.29) is 17.5 Å². The highest BCUT2D eigenvalue weighted by molar-refractivity contribution is 5.82. The lowest BCUT2D eigenvalue weighted by atomic mass is 9.98. The number of carbonyl (C=O) groups excluding carboxylic acids is 1. The van der Waals surface area contributed by atoms with Gasteiger partial charge in [0.15, 0.2) is 0 Å². The summed E-state index contributed by atoms with van der Waals surface area (Å²) in [5.74, 6) is 0.117. The normalized spacial score (nSPS) is 17.7. The van der Waals surface area contributed by atoms with Crippen LogP contribution in [-0.2, 0) is 17.8 Å². The molecule has 0 aliphatic carbocycles. The molecule has 1 N–H and O–H groups in total. The van der Waals surface area contributed by atoms with E-state index in [1.165, 1.54) is 11.1 Å². The van der Waals surface area contributed by atoms with Gasteiger partial charge in [0.25, 0.3) is 0 Å². The van der Waals surface area contributed by atoms with Crippen LogP contribution in [-0.4, -0.2) is 28.9 Å². The molecule has 0 unspecified atom stereocenters. The van der Waals surface area contributed by atoms with Crippen LogP contribution < -0.4 is 5.32 Å². The van der Waals surface area contributed by atoms with Gasteiger partial charge in [-0.15, -0.1) is 0 Å². The molecule has 1 aromatic rings. The Morgan fingerprint density at radius 3 is 2.53 bits per heavy atom. The zero-order chi connectivity index (χ0) is 14.0. The van der Waals surface area contributed by atoms with Crippen molar-refractivity contribution in [3.8, 4) is 0 Å². The quantitative estimate of drug-likeness (QED) is 0.885. The second-order valence-corrected chi connectivity index (χ2v) is 6.40. The van der Waals surface area contributed by atoms with Crippen molar-refractivity contribution in [1.29, 1.82) is 0 Å². The lowest BCUT2D eigenvalue weighted by Gasteiger charge is -2.34. The predicted molar refractivity (Wildman–Crippen MR) is 77.9 cm³/mol. The van der Waals surface area contributed by atoms with Crippen LogP contribution in [0.1, 0.15) is 38.8 Å². The standard InChI is InChI=1S/C16H24N2O/c1-12(15(19)17-16(2,3)4)18-10-9-13-7-5-6-8-14(13)11-18/h5-8,12H,9-11H2,1-4H3,(H,17,19)/t12-/m1/s1. The van der Waals surface area contributed by atoms with Gasteiger partial charge in [0.2, 0.25) is 5.91 Å². The predicted octanol–water partition coefficient (Wildman–Crippen LogP) is 2.35. The molecule has 0 spiro atoms. The smallest absolute Gasteiger partial charge is 0.237 e. The highest BCUT2D eigenvalue weighted by Crippen LogP contribution is 2.20. The number of hydrogen-bond acceptors (Lipinski definition) is 2. The summed E-state index contributed by atoms with van der Waals surface area (Å²) in [6, 6.07) is 8.43. The fourth-order valence-electron chi connectivity index (χ4n) is 2.49. The number of carbonyl (C=O) groups is 1. The lowest BCUT2D eigenvalue weighted by molar-refractivity contribution is -0.127. The molecule has 1 aliphatic heterocycles. The first-order valence-corrected chi connectivity index (χ1v) is 7.00. The summed E-state index contributed by atoms with van der Waals surface area (Å²) >= 11 is 0. The minimum Gasteiger partial charge on any atom is -0.350 e. The Hall–Kier alpha value is -1.35. The van der Waals surface area contributed by atoms with E-state index in [4.69, 9.17) is 0 Å². The van der Waals surface area contributed by atoms with Crippen molar-refractivity contribution >= 4 is 5.91 Å². The minimum atomic E-state index is -0.168. The molecule has 19 heavy (non-hydrogen) atoms. The molecule has 104 valence electrons. The Kier molecular flexibility index (Phi) is 3.95. The first-order valence-electron chi connectivity index (χ1n) is 7.00. The Morgan fingerprint density at radius 2 is 1.89 bits per heavy atom. The van der Waals surface area contributed by atoms with Gasteiger partial charge >= 0.3 is 0 Å². The lowest BCUT2D eigenvalue weighted by Crippen LogP contribution is -2.51. The van der Waals surface area contributed by atoms with Crippen molar-refractivity contribution in [1.82, 2.24) is 10.2 Å². The number of nitrogens with zero attached hydrogens (tertiary/aromatic N) is 1. The maximum atomic E-state index is 12.2. The Morgan fingerprint density at radius 1 is 1.26 bits per heavy atom. The molecule has 1 aromatic carbocycles. The van der Waals surface area contributed by atoms with Crippen molar-refractivity contribution in [3.05, 3.63) is 35.4 Å². The maximum absolute atomic E-state index is 12.2. The number of benzene rings is 1. The molecule has 0 saturated carbocycles. The zero-order valence-electron chi connectivity index (χ0n) is 12.4. The van der Waals surface area contributed by atoms with Gasteiger partial charge in [-0.25, -0.2) is 0 Å². The number of nitrogens with one attached hydrogen (secondary N) is 1. The van der Waals surface area contributed by atoms with E-state index >= 15 is 0 Å². The molecule has 0 fully saturated rings. The molecule has 0 bridgehead atoms. The molecule has 2 rings (SSSR count). The molecule has 1 amide bonds. The van der Waals surface area contributed by atoms with Gasteiger partial charge in [-0.2, -0.15) is 0 Å². The number of fused-ring (bicyclic) bond motifs is 1. The average molecular weight is 260 g/mol. The zero-order valence-corrected chi connectivity index (χ0v) is 12.4. The van der Waals surface area contributed by atoms with E-state index in [2.05, 4.69) is 34.5 Å². The summed E-state index contributed by atoms with van der Waals surface area (Å²) in [5, 5.41) is 3.06. The summed E-state index contributed by atoms with van der Waals surface area (Å²) in [6.07, 6.45) is 1.03. The van der Waals surface area contributed by atoms with Gasteiger partial charge in [0.1, 0.15) is 0 Å². The fourth-order valence-corrected chi connectivity index (χ4v) is 2.49. The topological polar surface area (TPSA) is 32.3 Å². The second-order valence-electron chi connectivity index (χ2n) is 6.40. The number of rotatable bonds is 2. The maximum Gasteiger partial charge on any atom is 0.237 e. The third-order valence-corrected chi connectivity index (χ3v) is 3.59. The molecule has 1 aliphatic rings. The summed E-state index contributed by atoms with van der Waals surface area (Å²) in [5.41, 5.74) is 2.60. The van der Waals surface area contributed by atoms with Crippen molar-refractivity contribution < 1.29 is 4.79 Å². The summed E-state index contributed by atoms with van der Waals surface area (Å²) < 4.78 is 0. The van der Waals surface area contributed by atoms with Crippen LogP contribution in [0.4, 0.5) is 0 Å². The van der Waals surface area contributed by atoms with Gasteiger partial charge in [-0.1, -0.05) is 24.3 Å².